The van der Waals surface area contributed by atoms with Gasteiger partial charge in [-0.3, -0.25) is 0 Å². The summed E-state index contributed by atoms with van der Waals surface area (Å²) in [5.74, 6) is -0.774. The highest BCUT2D eigenvalue weighted by molar-refractivity contribution is 5.90. The predicted octanol–water partition coefficient (Wildman–Crippen LogP) is 2.86. The molecule has 4 heteroatoms. The second kappa shape index (κ2) is 10.2. The van der Waals surface area contributed by atoms with E-state index in [0.29, 0.717) is 12.0 Å². The van der Waals surface area contributed by atoms with Crippen LogP contribution >= 0.6 is 0 Å². The van der Waals surface area contributed by atoms with Crippen molar-refractivity contribution in [1.29, 1.82) is 0 Å². The zero-order valence-corrected chi connectivity index (χ0v) is 12.4. The van der Waals surface area contributed by atoms with Gasteiger partial charge in [0.15, 0.2) is 0 Å². The Hall–Kier alpha value is -2.62. The van der Waals surface area contributed by atoms with Gasteiger partial charge in [-0.2, -0.15) is 0 Å². The first-order chi connectivity index (χ1) is 9.96. The molecule has 0 fully saturated rings. The van der Waals surface area contributed by atoms with E-state index in [-0.39, 0.29) is 11.5 Å². The van der Waals surface area contributed by atoms with Gasteiger partial charge < -0.3 is 9.47 Å². The summed E-state index contributed by atoms with van der Waals surface area (Å²) >= 11 is 0. The van der Waals surface area contributed by atoms with E-state index >= 15 is 0 Å². The summed E-state index contributed by atoms with van der Waals surface area (Å²) in [5, 5.41) is 0. The average Bonchev–Trinajstić information content (AvgIpc) is 2.53. The maximum absolute atomic E-state index is 11.0. The molecule has 0 N–H and O–H groups in total. The van der Waals surface area contributed by atoms with E-state index in [4.69, 9.17) is 0 Å². The van der Waals surface area contributed by atoms with Gasteiger partial charge >= 0.3 is 11.9 Å². The lowest BCUT2D eigenvalue weighted by molar-refractivity contribution is -0.136. The van der Waals surface area contributed by atoms with Crippen molar-refractivity contribution < 1.29 is 19.1 Å². The first-order valence-electron chi connectivity index (χ1n) is 6.15. The predicted molar refractivity (Wildman–Crippen MR) is 82.7 cm³/mol. The molecule has 1 rings (SSSR count). The second-order valence-electron chi connectivity index (χ2n) is 3.98. The molecule has 0 aromatic heterocycles. The third-order valence-corrected chi connectivity index (χ3v) is 2.43. The third kappa shape index (κ3) is 7.52. The maximum atomic E-state index is 11.0. The van der Waals surface area contributed by atoms with Gasteiger partial charge in [0.1, 0.15) is 0 Å². The van der Waals surface area contributed by atoms with Crippen LogP contribution in [0.2, 0.25) is 0 Å². The van der Waals surface area contributed by atoms with Crippen molar-refractivity contribution in [2.45, 2.75) is 6.42 Å². The van der Waals surface area contributed by atoms with E-state index in [0.717, 1.165) is 5.56 Å². The van der Waals surface area contributed by atoms with Crippen LogP contribution in [0.3, 0.4) is 0 Å². The number of benzene rings is 1. The number of carbonyl (C=O) groups is 2. The SMILES string of the molecule is C=C(Cc1ccccc1)C(=O)OC.C=CC(=C)C(=O)OC. The van der Waals surface area contributed by atoms with Gasteiger partial charge in [-0.25, -0.2) is 9.59 Å². The largest absolute Gasteiger partial charge is 0.466 e. The lowest BCUT2D eigenvalue weighted by atomic mass is 10.1. The smallest absolute Gasteiger partial charge is 0.337 e. The Labute approximate surface area is 125 Å². The van der Waals surface area contributed by atoms with Crippen LogP contribution in [0.25, 0.3) is 0 Å². The standard InChI is InChI=1S/C11H12O2.C6H8O2/c1-9(11(12)13-2)8-10-6-4-3-5-7-10;1-4-5(2)6(7)8-3/h3-7H,1,8H2,2H3;4H,1-2H2,3H3. The summed E-state index contributed by atoms with van der Waals surface area (Å²) in [5.41, 5.74) is 1.83. The first-order valence-corrected chi connectivity index (χ1v) is 6.15. The maximum Gasteiger partial charge on any atom is 0.337 e. The van der Waals surface area contributed by atoms with Gasteiger partial charge in [0.05, 0.1) is 19.8 Å². The molecule has 112 valence electrons. The molecule has 0 saturated heterocycles. The highest BCUT2D eigenvalue weighted by atomic mass is 16.5. The molecule has 0 saturated carbocycles. The molecule has 0 spiro atoms. The zero-order chi connectivity index (χ0) is 16.3. The Balaban J connectivity index is 0.000000433. The minimum Gasteiger partial charge on any atom is -0.466 e. The van der Waals surface area contributed by atoms with Gasteiger partial charge in [-0.15, -0.1) is 0 Å². The lowest BCUT2D eigenvalue weighted by Crippen LogP contribution is -2.05. The third-order valence-electron chi connectivity index (χ3n) is 2.43. The number of esters is 2. The molecule has 0 amide bonds. The van der Waals surface area contributed by atoms with Gasteiger partial charge in [-0.1, -0.05) is 56.1 Å². The highest BCUT2D eigenvalue weighted by Crippen LogP contribution is 2.06. The summed E-state index contributed by atoms with van der Waals surface area (Å²) in [6.45, 7) is 10.3. The molecule has 0 bridgehead atoms. The molecule has 1 aromatic rings. The van der Waals surface area contributed by atoms with Crippen LogP contribution in [0.4, 0.5) is 0 Å². The number of ether oxygens (including phenoxy) is 2. The van der Waals surface area contributed by atoms with Gasteiger partial charge in [0.25, 0.3) is 0 Å². The number of hydrogen-bond donors (Lipinski definition) is 0. The molecule has 21 heavy (non-hydrogen) atoms. The van der Waals surface area contributed by atoms with Crippen molar-refractivity contribution >= 4 is 11.9 Å². The molecule has 0 aliphatic heterocycles. The van der Waals surface area contributed by atoms with Crippen LogP contribution < -0.4 is 0 Å². The molecule has 0 aliphatic rings. The van der Waals surface area contributed by atoms with Crippen LogP contribution in [0.5, 0.6) is 0 Å². The van der Waals surface area contributed by atoms with E-state index in [1.165, 1.54) is 20.3 Å². The zero-order valence-electron chi connectivity index (χ0n) is 12.4. The van der Waals surface area contributed by atoms with Gasteiger partial charge in [0, 0.05) is 12.0 Å². The lowest BCUT2D eigenvalue weighted by Gasteiger charge is -2.02. The minimum atomic E-state index is -0.431. The molecule has 0 unspecified atom stereocenters. The summed E-state index contributed by atoms with van der Waals surface area (Å²) in [6, 6.07) is 9.70. The fourth-order valence-corrected chi connectivity index (χ4v) is 1.27. The summed E-state index contributed by atoms with van der Waals surface area (Å²) < 4.78 is 8.84. The summed E-state index contributed by atoms with van der Waals surface area (Å²) in [6.07, 6.45) is 1.90. The van der Waals surface area contributed by atoms with Crippen molar-refractivity contribution in [2.75, 3.05) is 14.2 Å². The Morgan fingerprint density at radius 1 is 1.05 bits per heavy atom. The van der Waals surface area contributed by atoms with E-state index in [1.54, 1.807) is 0 Å². The van der Waals surface area contributed by atoms with Crippen LogP contribution in [0.1, 0.15) is 5.56 Å². The average molecular weight is 288 g/mol. The minimum absolute atomic E-state index is 0.285. The van der Waals surface area contributed by atoms with Crippen LogP contribution in [0, 0.1) is 0 Å². The summed E-state index contributed by atoms with van der Waals surface area (Å²) in [7, 11) is 2.66. The molecule has 0 radical (unpaired) electrons. The van der Waals surface area contributed by atoms with Crippen molar-refractivity contribution in [3.63, 3.8) is 0 Å². The quantitative estimate of drug-likeness (QED) is 0.475. The monoisotopic (exact) mass is 288 g/mol. The van der Waals surface area contributed by atoms with Gasteiger partial charge in [0.2, 0.25) is 0 Å². The highest BCUT2D eigenvalue weighted by Gasteiger charge is 2.06. The number of carbonyl (C=O) groups excluding carboxylic acids is 2. The molecular formula is C17H20O4. The first kappa shape index (κ1) is 18.4. The van der Waals surface area contributed by atoms with Gasteiger partial charge in [-0.05, 0) is 5.56 Å². The molecule has 0 aliphatic carbocycles. The fraction of sp³-hybridized carbons (Fsp3) is 0.176. The van der Waals surface area contributed by atoms with Crippen molar-refractivity contribution in [1.82, 2.24) is 0 Å². The van der Waals surface area contributed by atoms with Crippen molar-refractivity contribution in [3.05, 3.63) is 72.9 Å². The van der Waals surface area contributed by atoms with E-state index in [2.05, 4.69) is 29.2 Å². The van der Waals surface area contributed by atoms with Crippen molar-refractivity contribution in [2.24, 2.45) is 0 Å². The number of rotatable bonds is 5. The summed E-state index contributed by atoms with van der Waals surface area (Å²) in [4.78, 5) is 21.3. The van der Waals surface area contributed by atoms with E-state index in [1.807, 2.05) is 30.3 Å². The normalized spacial score (nSPS) is 8.67. The number of hydrogen-bond acceptors (Lipinski definition) is 4. The van der Waals surface area contributed by atoms with E-state index < -0.39 is 5.97 Å². The molecule has 4 nitrogen and oxygen atoms in total. The topological polar surface area (TPSA) is 52.6 Å². The van der Waals surface area contributed by atoms with Crippen LogP contribution in [-0.2, 0) is 25.5 Å². The van der Waals surface area contributed by atoms with Crippen LogP contribution in [0.15, 0.2) is 67.3 Å². The van der Waals surface area contributed by atoms with E-state index in [9.17, 15) is 9.59 Å². The number of methoxy groups -OCH3 is 2. The Morgan fingerprint density at radius 3 is 1.95 bits per heavy atom. The molecule has 0 atom stereocenters. The molecule has 1 aromatic carbocycles. The van der Waals surface area contributed by atoms with Crippen LogP contribution in [-0.4, -0.2) is 26.2 Å². The molecular weight excluding hydrogens is 268 g/mol. The fourth-order valence-electron chi connectivity index (χ4n) is 1.27. The second-order valence-corrected chi connectivity index (χ2v) is 3.98. The Bertz CT molecular complexity index is 515. The Morgan fingerprint density at radius 2 is 1.57 bits per heavy atom. The van der Waals surface area contributed by atoms with Crippen molar-refractivity contribution in [3.8, 4) is 0 Å². The molecule has 0 heterocycles. The Kier molecular flexibility index (Phi) is 8.93.